The molecule has 2 aliphatic carbocycles. The molecule has 208 valence electrons. The molecule has 0 aromatic heterocycles. The summed E-state index contributed by atoms with van der Waals surface area (Å²) in [6, 6.07) is 8.80. The highest BCUT2D eigenvalue weighted by Crippen LogP contribution is 2.51. The van der Waals surface area contributed by atoms with Crippen LogP contribution in [0.4, 0.5) is 5.69 Å². The zero-order chi connectivity index (χ0) is 27.5. The van der Waals surface area contributed by atoms with Crippen LogP contribution in [0.2, 0.25) is 0 Å². The fourth-order valence-corrected chi connectivity index (χ4v) is 8.03. The Morgan fingerprint density at radius 3 is 2.54 bits per heavy atom. The number of rotatable bonds is 6. The van der Waals surface area contributed by atoms with Gasteiger partial charge >= 0.3 is 0 Å². The molecule has 8 nitrogen and oxygen atoms in total. The number of hydrogen-bond donors (Lipinski definition) is 1. The number of hydrogen-bond acceptors (Lipinski definition) is 5. The highest BCUT2D eigenvalue weighted by atomic mass is 16.2. The average Bonchev–Trinajstić information content (AvgIpc) is 3.27. The molecule has 4 atom stereocenters. The number of nitriles is 1. The molecule has 3 heterocycles. The molecular formula is C31H41N5O3. The lowest BCUT2D eigenvalue weighted by molar-refractivity contribution is -0.148. The number of anilines is 1. The van der Waals surface area contributed by atoms with Crippen LogP contribution in [-0.4, -0.2) is 76.7 Å². The van der Waals surface area contributed by atoms with Gasteiger partial charge < -0.3 is 15.1 Å². The molecule has 0 unspecified atom stereocenters. The van der Waals surface area contributed by atoms with Gasteiger partial charge in [0.15, 0.2) is 0 Å². The largest absolute Gasteiger partial charge is 0.332 e. The number of carbonyl (C=O) groups is 3. The molecule has 0 bridgehead atoms. The summed E-state index contributed by atoms with van der Waals surface area (Å²) in [5.74, 6) is -0.147. The first kappa shape index (κ1) is 26.3. The van der Waals surface area contributed by atoms with E-state index in [4.69, 9.17) is 0 Å². The van der Waals surface area contributed by atoms with Crippen LogP contribution in [0.25, 0.3) is 0 Å². The lowest BCUT2D eigenvalue weighted by Crippen LogP contribution is -2.55. The van der Waals surface area contributed by atoms with Gasteiger partial charge in [-0.2, -0.15) is 5.26 Å². The molecule has 4 fully saturated rings. The van der Waals surface area contributed by atoms with Crippen LogP contribution in [0.15, 0.2) is 24.3 Å². The summed E-state index contributed by atoms with van der Waals surface area (Å²) in [7, 11) is 1.78. The third-order valence-electron chi connectivity index (χ3n) is 10.2. The number of nitrogens with one attached hydrogen (secondary N) is 1. The third-order valence-corrected chi connectivity index (χ3v) is 10.2. The minimum Gasteiger partial charge on any atom is -0.332 e. The van der Waals surface area contributed by atoms with E-state index in [1.807, 2.05) is 24.3 Å². The monoisotopic (exact) mass is 531 g/mol. The van der Waals surface area contributed by atoms with Crippen LogP contribution in [0, 0.1) is 22.7 Å². The summed E-state index contributed by atoms with van der Waals surface area (Å²) >= 11 is 0. The SMILES string of the molecule is CC(C)C[C@@H](C(=O)N1C[C@]2(C[C@H]1C#N)C(=O)Nc1ccccc12)N(C)C(=O)[C@@H]1CC2(CCCC2)CN1C1CC1. The molecule has 1 N–H and O–H groups in total. The number of likely N-dealkylation sites (tertiary alicyclic amines) is 2. The second-order valence-corrected chi connectivity index (χ2v) is 13.3. The van der Waals surface area contributed by atoms with Gasteiger partial charge in [-0.1, -0.05) is 44.9 Å². The zero-order valence-corrected chi connectivity index (χ0v) is 23.5. The van der Waals surface area contributed by atoms with E-state index in [0.29, 0.717) is 12.5 Å². The van der Waals surface area contributed by atoms with Gasteiger partial charge in [-0.15, -0.1) is 0 Å². The number of amides is 3. The zero-order valence-electron chi connectivity index (χ0n) is 23.5. The number of likely N-dealkylation sites (N-methyl/N-ethyl adjacent to an activating group) is 1. The first-order chi connectivity index (χ1) is 18.7. The normalized spacial score (nSPS) is 30.1. The first-order valence-electron chi connectivity index (χ1n) is 14.8. The van der Waals surface area contributed by atoms with Crippen molar-refractivity contribution in [3.8, 4) is 6.07 Å². The van der Waals surface area contributed by atoms with Crippen LogP contribution in [-0.2, 0) is 19.8 Å². The second-order valence-electron chi connectivity index (χ2n) is 13.3. The van der Waals surface area contributed by atoms with E-state index in [1.165, 1.54) is 25.7 Å². The third kappa shape index (κ3) is 4.34. The van der Waals surface area contributed by atoms with Gasteiger partial charge in [0, 0.05) is 38.3 Å². The molecule has 8 heteroatoms. The number of para-hydroxylation sites is 1. The van der Waals surface area contributed by atoms with Gasteiger partial charge in [0.05, 0.1) is 17.5 Å². The fourth-order valence-electron chi connectivity index (χ4n) is 8.03. The van der Waals surface area contributed by atoms with Gasteiger partial charge in [0.1, 0.15) is 12.1 Å². The van der Waals surface area contributed by atoms with Crippen molar-refractivity contribution in [3.05, 3.63) is 29.8 Å². The van der Waals surface area contributed by atoms with E-state index in [-0.39, 0.29) is 48.1 Å². The van der Waals surface area contributed by atoms with Gasteiger partial charge in [-0.25, -0.2) is 0 Å². The Morgan fingerprint density at radius 1 is 1.15 bits per heavy atom. The highest BCUT2D eigenvalue weighted by molar-refractivity contribution is 6.07. The predicted molar refractivity (Wildman–Crippen MR) is 148 cm³/mol. The van der Waals surface area contributed by atoms with Crippen LogP contribution < -0.4 is 5.32 Å². The molecule has 2 spiro atoms. The molecule has 0 radical (unpaired) electrons. The second kappa shape index (κ2) is 9.62. The standard InChI is InChI=1S/C31H41N5O3/c1-20(2)14-25(34(3)27(37)26-16-30(12-6-7-13-30)18-35(26)21-10-11-21)28(38)36-19-31(15-22(36)17-32)23-8-4-5-9-24(23)33-29(31)39/h4-5,8-9,20-22,25-26H,6-7,10-16,18-19H2,1-3H3,(H,33,39)/t22-,25-,26-,31-/m0/s1. The van der Waals surface area contributed by atoms with E-state index in [1.54, 1.807) is 16.8 Å². The molecule has 3 amide bonds. The van der Waals surface area contributed by atoms with Crippen LogP contribution >= 0.6 is 0 Å². The van der Waals surface area contributed by atoms with Crippen molar-refractivity contribution in [2.24, 2.45) is 11.3 Å². The Morgan fingerprint density at radius 2 is 1.87 bits per heavy atom. The number of benzene rings is 1. The Labute approximate surface area is 231 Å². The first-order valence-corrected chi connectivity index (χ1v) is 14.8. The van der Waals surface area contributed by atoms with E-state index in [9.17, 15) is 19.6 Å². The van der Waals surface area contributed by atoms with Crippen LogP contribution in [0.1, 0.15) is 77.2 Å². The maximum Gasteiger partial charge on any atom is 0.246 e. The van der Waals surface area contributed by atoms with E-state index in [2.05, 4.69) is 30.1 Å². The molecule has 5 aliphatic rings. The van der Waals surface area contributed by atoms with Crippen molar-refractivity contribution in [2.45, 2.75) is 101 Å². The molecule has 2 saturated carbocycles. The maximum atomic E-state index is 14.3. The van der Waals surface area contributed by atoms with Crippen molar-refractivity contribution >= 4 is 23.4 Å². The molecule has 2 saturated heterocycles. The fraction of sp³-hybridized carbons (Fsp3) is 0.677. The smallest absolute Gasteiger partial charge is 0.246 e. The summed E-state index contributed by atoms with van der Waals surface area (Å²) in [5.41, 5.74) is 0.920. The molecule has 1 aromatic rings. The van der Waals surface area contributed by atoms with E-state index in [0.717, 1.165) is 37.1 Å². The maximum absolute atomic E-state index is 14.3. The summed E-state index contributed by atoms with van der Waals surface area (Å²) in [6.07, 6.45) is 8.86. The number of carbonyl (C=O) groups excluding carboxylic acids is 3. The Kier molecular flexibility index (Phi) is 6.49. The van der Waals surface area contributed by atoms with E-state index < -0.39 is 17.5 Å². The van der Waals surface area contributed by atoms with Crippen LogP contribution in [0.3, 0.4) is 0 Å². The lowest BCUT2D eigenvalue weighted by Gasteiger charge is -2.36. The summed E-state index contributed by atoms with van der Waals surface area (Å²) in [5, 5.41) is 13.1. The molecule has 1 aromatic carbocycles. The summed E-state index contributed by atoms with van der Waals surface area (Å²) < 4.78 is 0. The van der Waals surface area contributed by atoms with Crippen molar-refractivity contribution in [1.29, 1.82) is 5.26 Å². The number of nitrogens with zero attached hydrogens (tertiary/aromatic N) is 4. The topological polar surface area (TPSA) is 96.7 Å². The quantitative estimate of drug-likeness (QED) is 0.604. The molecule has 3 aliphatic heterocycles. The Balaban J connectivity index is 1.26. The van der Waals surface area contributed by atoms with Crippen molar-refractivity contribution in [2.75, 3.05) is 25.5 Å². The highest BCUT2D eigenvalue weighted by Gasteiger charge is 2.57. The van der Waals surface area contributed by atoms with Crippen LogP contribution in [0.5, 0.6) is 0 Å². The minimum atomic E-state index is -0.930. The van der Waals surface area contributed by atoms with Crippen molar-refractivity contribution in [1.82, 2.24) is 14.7 Å². The lowest BCUT2D eigenvalue weighted by atomic mass is 9.80. The molecular weight excluding hydrogens is 490 g/mol. The van der Waals surface area contributed by atoms with Crippen molar-refractivity contribution in [3.63, 3.8) is 0 Å². The molecule has 39 heavy (non-hydrogen) atoms. The van der Waals surface area contributed by atoms with Gasteiger partial charge in [0.2, 0.25) is 17.7 Å². The van der Waals surface area contributed by atoms with Gasteiger partial charge in [-0.05, 0) is 61.5 Å². The minimum absolute atomic E-state index is 0.0380. The van der Waals surface area contributed by atoms with Gasteiger partial charge in [-0.3, -0.25) is 19.3 Å². The Bertz CT molecular complexity index is 1210. The number of fused-ring (bicyclic) bond motifs is 2. The summed E-state index contributed by atoms with van der Waals surface area (Å²) in [4.78, 5) is 47.4. The molecule has 6 rings (SSSR count). The van der Waals surface area contributed by atoms with Crippen molar-refractivity contribution < 1.29 is 14.4 Å². The predicted octanol–water partition coefficient (Wildman–Crippen LogP) is 3.67. The van der Waals surface area contributed by atoms with Gasteiger partial charge in [0.25, 0.3) is 0 Å². The van der Waals surface area contributed by atoms with E-state index >= 15 is 0 Å². The summed E-state index contributed by atoms with van der Waals surface area (Å²) in [6.45, 7) is 5.28. The average molecular weight is 532 g/mol. The Hall–Kier alpha value is -2.92.